The van der Waals surface area contributed by atoms with Crippen molar-refractivity contribution < 1.29 is 9.90 Å². The molecule has 0 spiro atoms. The zero-order valence-corrected chi connectivity index (χ0v) is 15.2. The van der Waals surface area contributed by atoms with Crippen LogP contribution >= 0.6 is 11.6 Å². The van der Waals surface area contributed by atoms with E-state index in [1.165, 1.54) is 0 Å². The van der Waals surface area contributed by atoms with Crippen molar-refractivity contribution in [1.82, 2.24) is 20.6 Å². The Kier molecular flexibility index (Phi) is 5.60. The van der Waals surface area contributed by atoms with E-state index in [2.05, 4.69) is 25.6 Å². The molecule has 3 rings (SSSR count). The Morgan fingerprint density at radius 2 is 2.00 bits per heavy atom. The van der Waals surface area contributed by atoms with Gasteiger partial charge in [0.05, 0.1) is 0 Å². The maximum absolute atomic E-state index is 12.2. The number of nitrogen functional groups attached to an aromatic ring is 2. The summed E-state index contributed by atoms with van der Waals surface area (Å²) < 4.78 is 0. The number of phenolic OH excluding ortho intramolecular Hbond substituents is 1. The molecule has 7 N–H and O–H groups in total. The van der Waals surface area contributed by atoms with Crippen molar-refractivity contribution in [3.05, 3.63) is 40.7 Å². The number of anilines is 2. The van der Waals surface area contributed by atoms with Gasteiger partial charge in [0.15, 0.2) is 28.4 Å². The molecule has 1 aliphatic heterocycles. The highest BCUT2D eigenvalue weighted by atomic mass is 35.5. The van der Waals surface area contributed by atoms with Crippen LogP contribution in [0.3, 0.4) is 0 Å². The lowest BCUT2D eigenvalue weighted by molar-refractivity contribution is 0.0998. The maximum Gasteiger partial charge on any atom is 0.302 e. The fraction of sp³-hybridized carbons (Fsp3) is 0.294. The molecular weight excluding hydrogens is 370 g/mol. The van der Waals surface area contributed by atoms with E-state index in [9.17, 15) is 9.90 Å². The first-order valence-corrected chi connectivity index (χ1v) is 8.80. The highest BCUT2D eigenvalue weighted by Crippen LogP contribution is 2.18. The summed E-state index contributed by atoms with van der Waals surface area (Å²) in [5.74, 6) is -0.178. The number of benzene rings is 1. The maximum atomic E-state index is 12.2. The summed E-state index contributed by atoms with van der Waals surface area (Å²) >= 11 is 5.79. The van der Waals surface area contributed by atoms with Gasteiger partial charge in [0.25, 0.3) is 0 Å². The van der Waals surface area contributed by atoms with Gasteiger partial charge in [-0.05, 0) is 37.0 Å². The number of nitrogens with two attached hydrogens (primary N) is 2. The van der Waals surface area contributed by atoms with Gasteiger partial charge in [0, 0.05) is 12.6 Å². The van der Waals surface area contributed by atoms with Crippen LogP contribution in [0.1, 0.15) is 28.9 Å². The largest absolute Gasteiger partial charge is 0.508 e. The molecule has 0 aliphatic carbocycles. The SMILES string of the molecule is Nc1nc(N)c(C(=O)/N=C2\NC[C@H](CCCc3ccc(O)cc3)N2)nc1Cl. The van der Waals surface area contributed by atoms with Gasteiger partial charge in [-0.25, -0.2) is 9.97 Å². The number of hydrogen-bond acceptors (Lipinski definition) is 6. The van der Waals surface area contributed by atoms with E-state index in [1.54, 1.807) is 12.1 Å². The molecule has 0 bridgehead atoms. The highest BCUT2D eigenvalue weighted by Gasteiger charge is 2.21. The molecule has 1 fully saturated rings. The minimum atomic E-state index is -0.651. The van der Waals surface area contributed by atoms with Gasteiger partial charge in [0.1, 0.15) is 5.75 Å². The van der Waals surface area contributed by atoms with Crippen molar-refractivity contribution in [3.63, 3.8) is 0 Å². The predicted molar refractivity (Wildman–Crippen MR) is 104 cm³/mol. The van der Waals surface area contributed by atoms with Crippen LogP contribution in [0.15, 0.2) is 29.3 Å². The quantitative estimate of drug-likeness (QED) is 0.509. The highest BCUT2D eigenvalue weighted by molar-refractivity contribution is 6.31. The van der Waals surface area contributed by atoms with Gasteiger partial charge in [-0.2, -0.15) is 4.99 Å². The molecule has 0 unspecified atom stereocenters. The molecule has 9 nitrogen and oxygen atoms in total. The number of guanidine groups is 1. The molecule has 0 radical (unpaired) electrons. The third-order valence-corrected chi connectivity index (χ3v) is 4.41. The van der Waals surface area contributed by atoms with Gasteiger partial charge in [-0.15, -0.1) is 0 Å². The van der Waals surface area contributed by atoms with Gasteiger partial charge in [-0.1, -0.05) is 23.7 Å². The molecule has 2 heterocycles. The number of carbonyl (C=O) groups excluding carboxylic acids is 1. The van der Waals surface area contributed by atoms with Crippen molar-refractivity contribution in [2.24, 2.45) is 4.99 Å². The summed E-state index contributed by atoms with van der Waals surface area (Å²) in [7, 11) is 0. The second kappa shape index (κ2) is 8.09. The van der Waals surface area contributed by atoms with Crippen LogP contribution in [0, 0.1) is 0 Å². The zero-order chi connectivity index (χ0) is 19.4. The molecule has 10 heteroatoms. The molecule has 1 atom stereocenters. The number of aromatic hydroxyl groups is 1. The Hall–Kier alpha value is -3.07. The average Bonchev–Trinajstić information content (AvgIpc) is 3.07. The van der Waals surface area contributed by atoms with E-state index in [0.717, 1.165) is 24.8 Å². The van der Waals surface area contributed by atoms with Crippen LogP contribution in [0.5, 0.6) is 5.75 Å². The summed E-state index contributed by atoms with van der Waals surface area (Å²) in [4.78, 5) is 23.8. The predicted octanol–water partition coefficient (Wildman–Crippen LogP) is 1.08. The van der Waals surface area contributed by atoms with E-state index >= 15 is 0 Å². The Balaban J connectivity index is 1.53. The second-order valence-corrected chi connectivity index (χ2v) is 6.54. The number of aromatic nitrogens is 2. The Morgan fingerprint density at radius 3 is 2.74 bits per heavy atom. The molecule has 1 aromatic carbocycles. The number of aliphatic imine (C=N–C) groups is 1. The minimum absolute atomic E-state index is 0.0378. The topological polar surface area (TPSA) is 152 Å². The van der Waals surface area contributed by atoms with E-state index in [0.29, 0.717) is 12.5 Å². The average molecular weight is 390 g/mol. The lowest BCUT2D eigenvalue weighted by Crippen LogP contribution is -2.29. The van der Waals surface area contributed by atoms with E-state index < -0.39 is 5.91 Å². The summed E-state index contributed by atoms with van der Waals surface area (Å²) in [5, 5.41) is 15.4. The number of carbonyl (C=O) groups is 1. The fourth-order valence-corrected chi connectivity index (χ4v) is 2.86. The minimum Gasteiger partial charge on any atom is -0.508 e. The number of amides is 1. The Morgan fingerprint density at radius 1 is 1.26 bits per heavy atom. The fourth-order valence-electron chi connectivity index (χ4n) is 2.73. The Labute approximate surface area is 160 Å². The van der Waals surface area contributed by atoms with Crippen molar-refractivity contribution >= 4 is 35.1 Å². The molecule has 1 aromatic heterocycles. The third kappa shape index (κ3) is 4.76. The number of hydrogen-bond donors (Lipinski definition) is 5. The van der Waals surface area contributed by atoms with E-state index in [1.807, 2.05) is 12.1 Å². The second-order valence-electron chi connectivity index (χ2n) is 6.18. The first-order chi connectivity index (χ1) is 12.9. The molecular formula is C17H20ClN7O2. The molecule has 0 saturated carbocycles. The number of nitrogens with zero attached hydrogens (tertiary/aromatic N) is 3. The van der Waals surface area contributed by atoms with Crippen LogP contribution in [0.25, 0.3) is 0 Å². The lowest BCUT2D eigenvalue weighted by atomic mass is 10.1. The molecule has 1 amide bonds. The van der Waals surface area contributed by atoms with Gasteiger partial charge in [-0.3, -0.25) is 4.79 Å². The number of phenols is 1. The molecule has 2 aromatic rings. The van der Waals surface area contributed by atoms with Gasteiger partial charge in [0.2, 0.25) is 0 Å². The molecule has 27 heavy (non-hydrogen) atoms. The van der Waals surface area contributed by atoms with Crippen LogP contribution < -0.4 is 22.1 Å². The van der Waals surface area contributed by atoms with Crippen LogP contribution in [-0.4, -0.2) is 39.5 Å². The number of halogens is 1. The van der Waals surface area contributed by atoms with Crippen molar-refractivity contribution in [1.29, 1.82) is 0 Å². The first-order valence-electron chi connectivity index (χ1n) is 8.42. The third-order valence-electron chi connectivity index (χ3n) is 4.13. The van der Waals surface area contributed by atoms with E-state index in [-0.39, 0.29) is 34.3 Å². The van der Waals surface area contributed by atoms with E-state index in [4.69, 9.17) is 23.1 Å². The number of nitrogens with one attached hydrogen (secondary N) is 2. The summed E-state index contributed by atoms with van der Waals surface area (Å²) in [6.45, 7) is 0.658. The van der Waals surface area contributed by atoms with Crippen molar-refractivity contribution in [2.45, 2.75) is 25.3 Å². The summed E-state index contributed by atoms with van der Waals surface area (Å²) in [6, 6.07) is 7.33. The first kappa shape index (κ1) is 18.7. The summed E-state index contributed by atoms with van der Waals surface area (Å²) in [5.41, 5.74) is 12.2. The Bertz CT molecular complexity index is 870. The molecule has 142 valence electrons. The number of rotatable bonds is 5. The standard InChI is InChI=1S/C17H20ClN7O2/c18-13-15(20)24-14(19)12(23-13)16(27)25-17-21-8-10(22-17)3-1-2-9-4-6-11(26)7-5-9/h4-7,10,26H,1-3,8H2,(H4,19,20,24)(H2,21,22,25,27)/t10-/m0/s1. The molecule has 1 aliphatic rings. The van der Waals surface area contributed by atoms with Crippen LogP contribution in [-0.2, 0) is 6.42 Å². The molecule has 1 saturated heterocycles. The van der Waals surface area contributed by atoms with Crippen molar-refractivity contribution in [3.8, 4) is 5.75 Å². The van der Waals surface area contributed by atoms with Crippen LogP contribution in [0.4, 0.5) is 11.6 Å². The lowest BCUT2D eigenvalue weighted by Gasteiger charge is -2.09. The summed E-state index contributed by atoms with van der Waals surface area (Å²) in [6.07, 6.45) is 2.76. The normalized spacial score (nSPS) is 17.5. The smallest absolute Gasteiger partial charge is 0.302 e. The monoisotopic (exact) mass is 389 g/mol. The zero-order valence-electron chi connectivity index (χ0n) is 14.4. The van der Waals surface area contributed by atoms with Gasteiger partial charge < -0.3 is 27.2 Å². The van der Waals surface area contributed by atoms with Crippen LogP contribution in [0.2, 0.25) is 5.15 Å². The van der Waals surface area contributed by atoms with Gasteiger partial charge >= 0.3 is 5.91 Å². The van der Waals surface area contributed by atoms with Crippen molar-refractivity contribution in [2.75, 3.05) is 18.0 Å². The number of aryl methyl sites for hydroxylation is 1.